The van der Waals surface area contributed by atoms with Gasteiger partial charge in [0, 0.05) is 18.4 Å². The van der Waals surface area contributed by atoms with E-state index in [0.29, 0.717) is 12.8 Å². The molecule has 0 aromatic rings. The quantitative estimate of drug-likeness (QED) is 0.613. The number of amides is 2. The third-order valence-corrected chi connectivity index (χ3v) is 3.23. The molecular weight excluding hydrogens is 180 g/mol. The van der Waals surface area contributed by atoms with E-state index in [2.05, 4.69) is 5.32 Å². The Morgan fingerprint density at radius 1 is 1.29 bits per heavy atom. The molecule has 1 unspecified atom stereocenters. The van der Waals surface area contributed by atoms with Crippen LogP contribution in [-0.2, 0) is 9.59 Å². The van der Waals surface area contributed by atoms with Crippen molar-refractivity contribution in [1.29, 1.82) is 0 Å². The lowest BCUT2D eigenvalue weighted by Gasteiger charge is -2.33. The topological polar surface area (TPSA) is 49.4 Å². The first-order valence-electron chi connectivity index (χ1n) is 5.12. The van der Waals surface area contributed by atoms with Crippen LogP contribution >= 0.6 is 0 Å². The minimum absolute atomic E-state index is 0.00299. The molecule has 0 aliphatic carbocycles. The fourth-order valence-corrected chi connectivity index (χ4v) is 2.40. The first kappa shape index (κ1) is 9.65. The van der Waals surface area contributed by atoms with Crippen molar-refractivity contribution in [1.82, 2.24) is 10.2 Å². The average Bonchev–Trinajstić information content (AvgIpc) is 2.57. The number of carbonyl (C=O) groups excluding carboxylic acids is 2. The van der Waals surface area contributed by atoms with Crippen LogP contribution in [0.15, 0.2) is 0 Å². The monoisotopic (exact) mass is 196 g/mol. The van der Waals surface area contributed by atoms with Crippen LogP contribution in [0.4, 0.5) is 0 Å². The fourth-order valence-electron chi connectivity index (χ4n) is 2.40. The Morgan fingerprint density at radius 3 is 2.29 bits per heavy atom. The molecule has 14 heavy (non-hydrogen) atoms. The van der Waals surface area contributed by atoms with Gasteiger partial charge in [-0.15, -0.1) is 0 Å². The molecule has 4 heteroatoms. The molecule has 4 nitrogen and oxygen atoms in total. The van der Waals surface area contributed by atoms with Gasteiger partial charge in [0.1, 0.15) is 0 Å². The second kappa shape index (κ2) is 3.05. The normalized spacial score (nSPS) is 31.6. The van der Waals surface area contributed by atoms with Crippen molar-refractivity contribution < 1.29 is 9.59 Å². The van der Waals surface area contributed by atoms with Gasteiger partial charge >= 0.3 is 0 Å². The molecule has 2 rings (SSSR count). The zero-order chi connectivity index (χ0) is 10.3. The van der Waals surface area contributed by atoms with Gasteiger partial charge < -0.3 is 5.32 Å². The van der Waals surface area contributed by atoms with Crippen LogP contribution in [0.3, 0.4) is 0 Å². The van der Waals surface area contributed by atoms with Gasteiger partial charge in [0.15, 0.2) is 0 Å². The first-order chi connectivity index (χ1) is 6.52. The minimum Gasteiger partial charge on any atom is -0.310 e. The Labute approximate surface area is 83.6 Å². The third kappa shape index (κ3) is 1.34. The summed E-state index contributed by atoms with van der Waals surface area (Å²) < 4.78 is 0. The molecule has 0 aromatic heterocycles. The maximum absolute atomic E-state index is 11.5. The highest BCUT2D eigenvalue weighted by Gasteiger charge is 2.44. The van der Waals surface area contributed by atoms with E-state index in [0.717, 1.165) is 13.0 Å². The molecular formula is C10H16N2O2. The lowest BCUT2D eigenvalue weighted by Crippen LogP contribution is -2.52. The van der Waals surface area contributed by atoms with Crippen LogP contribution in [0.2, 0.25) is 0 Å². The highest BCUT2D eigenvalue weighted by atomic mass is 16.2. The fraction of sp³-hybridized carbons (Fsp3) is 0.800. The number of carbonyl (C=O) groups is 2. The van der Waals surface area contributed by atoms with Gasteiger partial charge in [-0.3, -0.25) is 14.5 Å². The molecule has 1 N–H and O–H groups in total. The molecule has 78 valence electrons. The summed E-state index contributed by atoms with van der Waals surface area (Å²) in [6.07, 6.45) is 1.67. The summed E-state index contributed by atoms with van der Waals surface area (Å²) in [5, 5.41) is 3.32. The molecule has 0 saturated carbocycles. The Morgan fingerprint density at radius 2 is 1.86 bits per heavy atom. The molecule has 0 aromatic carbocycles. The van der Waals surface area contributed by atoms with Gasteiger partial charge in [0.25, 0.3) is 0 Å². The molecule has 2 saturated heterocycles. The third-order valence-electron chi connectivity index (χ3n) is 3.23. The summed E-state index contributed by atoms with van der Waals surface area (Å²) in [5.74, 6) is -0.00597. The van der Waals surface area contributed by atoms with E-state index in [4.69, 9.17) is 0 Å². The predicted molar refractivity (Wildman–Crippen MR) is 51.6 cm³/mol. The first-order valence-corrected chi connectivity index (χ1v) is 5.12. The van der Waals surface area contributed by atoms with E-state index in [1.165, 1.54) is 4.90 Å². The van der Waals surface area contributed by atoms with E-state index < -0.39 is 0 Å². The molecule has 2 aliphatic rings. The minimum atomic E-state index is -0.129. The number of hydrogen-bond acceptors (Lipinski definition) is 3. The number of nitrogens with zero attached hydrogens (tertiary/aromatic N) is 1. The lowest BCUT2D eigenvalue weighted by molar-refractivity contribution is -0.142. The van der Waals surface area contributed by atoms with Crippen LogP contribution in [0, 0.1) is 0 Å². The maximum Gasteiger partial charge on any atom is 0.230 e. The highest BCUT2D eigenvalue weighted by molar-refractivity contribution is 6.02. The van der Waals surface area contributed by atoms with E-state index in [9.17, 15) is 9.59 Å². The van der Waals surface area contributed by atoms with Gasteiger partial charge in [-0.25, -0.2) is 0 Å². The largest absolute Gasteiger partial charge is 0.310 e. The van der Waals surface area contributed by atoms with Crippen molar-refractivity contribution in [2.75, 3.05) is 6.54 Å². The van der Waals surface area contributed by atoms with E-state index in [-0.39, 0.29) is 23.4 Å². The van der Waals surface area contributed by atoms with Gasteiger partial charge in [-0.2, -0.15) is 0 Å². The molecule has 1 atom stereocenters. The molecule has 2 aliphatic heterocycles. The molecule has 0 bridgehead atoms. The lowest BCUT2D eigenvalue weighted by atomic mass is 9.95. The van der Waals surface area contributed by atoms with Gasteiger partial charge in [0.05, 0.1) is 6.04 Å². The average molecular weight is 196 g/mol. The van der Waals surface area contributed by atoms with Crippen molar-refractivity contribution in [2.24, 2.45) is 0 Å². The number of likely N-dealkylation sites (tertiary alicyclic amines) is 1. The molecule has 2 heterocycles. The summed E-state index contributed by atoms with van der Waals surface area (Å²) >= 11 is 0. The van der Waals surface area contributed by atoms with Crippen molar-refractivity contribution in [3.63, 3.8) is 0 Å². The van der Waals surface area contributed by atoms with E-state index in [1.54, 1.807) is 0 Å². The number of nitrogens with one attached hydrogen (secondary N) is 1. The van der Waals surface area contributed by atoms with Crippen molar-refractivity contribution in [2.45, 2.75) is 44.7 Å². The highest BCUT2D eigenvalue weighted by Crippen LogP contribution is 2.28. The van der Waals surface area contributed by atoms with Gasteiger partial charge in [-0.05, 0) is 26.8 Å². The van der Waals surface area contributed by atoms with Crippen LogP contribution in [-0.4, -0.2) is 34.8 Å². The van der Waals surface area contributed by atoms with Crippen LogP contribution in [0.25, 0.3) is 0 Å². The standard InChI is InChI=1S/C10H16N2O2/c1-10(2)7(5-6-11-10)12-8(13)3-4-9(12)14/h7,11H,3-6H2,1-2H3. The summed E-state index contributed by atoms with van der Waals surface area (Å²) in [6.45, 7) is 4.97. The van der Waals surface area contributed by atoms with Crippen LogP contribution in [0.1, 0.15) is 33.1 Å². The number of hydrogen-bond donors (Lipinski definition) is 1. The van der Waals surface area contributed by atoms with E-state index >= 15 is 0 Å². The zero-order valence-corrected chi connectivity index (χ0v) is 8.67. The SMILES string of the molecule is CC1(C)NCCC1N1C(=O)CCC1=O. The van der Waals surface area contributed by atoms with Gasteiger partial charge in [0.2, 0.25) is 11.8 Å². The van der Waals surface area contributed by atoms with Crippen LogP contribution in [0.5, 0.6) is 0 Å². The number of rotatable bonds is 1. The Kier molecular flexibility index (Phi) is 2.10. The summed E-state index contributed by atoms with van der Waals surface area (Å²) in [5.41, 5.74) is -0.129. The zero-order valence-electron chi connectivity index (χ0n) is 8.67. The summed E-state index contributed by atoms with van der Waals surface area (Å²) in [6, 6.07) is 0.0463. The second-order valence-electron chi connectivity index (χ2n) is 4.61. The van der Waals surface area contributed by atoms with Crippen LogP contribution < -0.4 is 5.32 Å². The predicted octanol–water partition coefficient (Wildman–Crippen LogP) is 0.276. The molecule has 0 radical (unpaired) electrons. The smallest absolute Gasteiger partial charge is 0.230 e. The van der Waals surface area contributed by atoms with Gasteiger partial charge in [-0.1, -0.05) is 0 Å². The van der Waals surface area contributed by atoms with Crippen molar-refractivity contribution in [3.05, 3.63) is 0 Å². The Hall–Kier alpha value is -0.900. The number of imide groups is 1. The molecule has 2 amide bonds. The summed E-state index contributed by atoms with van der Waals surface area (Å²) in [4.78, 5) is 24.5. The summed E-state index contributed by atoms with van der Waals surface area (Å²) in [7, 11) is 0. The molecule has 0 spiro atoms. The Bertz CT molecular complexity index is 270. The Balaban J connectivity index is 2.22. The van der Waals surface area contributed by atoms with Crippen molar-refractivity contribution >= 4 is 11.8 Å². The second-order valence-corrected chi connectivity index (χ2v) is 4.61. The van der Waals surface area contributed by atoms with E-state index in [1.807, 2.05) is 13.8 Å². The molecule has 2 fully saturated rings. The maximum atomic E-state index is 11.5. The van der Waals surface area contributed by atoms with Crippen molar-refractivity contribution in [3.8, 4) is 0 Å².